The van der Waals surface area contributed by atoms with E-state index < -0.39 is 0 Å². The zero-order chi connectivity index (χ0) is 11.0. The minimum absolute atomic E-state index is 0.566. The Kier molecular flexibility index (Phi) is 1.82. The number of tetrazole rings is 1. The number of anilines is 1. The van der Waals surface area contributed by atoms with Crippen LogP contribution in [-0.2, 0) is 0 Å². The first-order valence-corrected chi connectivity index (χ1v) is 4.78. The van der Waals surface area contributed by atoms with E-state index in [-0.39, 0.29) is 0 Å². The van der Waals surface area contributed by atoms with Gasteiger partial charge in [-0.25, -0.2) is 4.98 Å². The average molecular weight is 215 g/mol. The minimum Gasteiger partial charge on any atom is -0.359 e. The van der Waals surface area contributed by atoms with Crippen molar-refractivity contribution in [1.82, 2.24) is 30.6 Å². The predicted molar refractivity (Wildman–Crippen MR) is 58.8 cm³/mol. The van der Waals surface area contributed by atoms with Crippen molar-refractivity contribution in [2.24, 2.45) is 0 Å². The Morgan fingerprint density at radius 3 is 3.00 bits per heavy atom. The molecule has 2 aromatic heterocycles. The second-order valence-corrected chi connectivity index (χ2v) is 3.30. The van der Waals surface area contributed by atoms with E-state index in [2.05, 4.69) is 35.9 Å². The average Bonchev–Trinajstić information content (AvgIpc) is 2.96. The predicted octanol–water partition coefficient (Wildman–Crippen LogP) is 0.785. The third-order valence-corrected chi connectivity index (χ3v) is 2.32. The maximum Gasteiger partial charge on any atom is 0.204 e. The topological polar surface area (TPSA) is 95.2 Å². The Hall–Kier alpha value is -2.44. The summed E-state index contributed by atoms with van der Waals surface area (Å²) in [6.07, 6.45) is 0. The molecule has 1 aromatic carbocycles. The molecular weight excluding hydrogens is 206 g/mol. The summed E-state index contributed by atoms with van der Waals surface area (Å²) in [5, 5.41) is 16.7. The van der Waals surface area contributed by atoms with Gasteiger partial charge in [0.25, 0.3) is 0 Å². The van der Waals surface area contributed by atoms with Crippen LogP contribution in [0.1, 0.15) is 0 Å². The third-order valence-electron chi connectivity index (χ3n) is 2.32. The van der Waals surface area contributed by atoms with Crippen molar-refractivity contribution in [3.05, 3.63) is 18.2 Å². The van der Waals surface area contributed by atoms with Gasteiger partial charge in [-0.05, 0) is 23.4 Å². The van der Waals surface area contributed by atoms with E-state index in [0.29, 0.717) is 5.82 Å². The van der Waals surface area contributed by atoms with Gasteiger partial charge < -0.3 is 10.3 Å². The molecule has 3 N–H and O–H groups in total. The number of benzene rings is 1. The van der Waals surface area contributed by atoms with Gasteiger partial charge in [0.05, 0.1) is 11.0 Å². The Morgan fingerprint density at radius 2 is 2.25 bits per heavy atom. The standard InChI is InChI=1S/C9H9N7/c1-10-9-11-6-3-2-5(4-7(6)12-9)8-13-15-16-14-8/h2-4H,1H3,(H2,10,11,12)(H,13,14,15,16). The second kappa shape index (κ2) is 3.30. The summed E-state index contributed by atoms with van der Waals surface area (Å²) >= 11 is 0. The van der Waals surface area contributed by atoms with Gasteiger partial charge in [-0.3, -0.25) is 0 Å². The lowest BCUT2D eigenvalue weighted by atomic mass is 10.2. The van der Waals surface area contributed by atoms with Crippen LogP contribution in [0.4, 0.5) is 5.95 Å². The molecular formula is C9H9N7. The number of hydrogen-bond acceptors (Lipinski definition) is 5. The Morgan fingerprint density at radius 1 is 1.31 bits per heavy atom. The fraction of sp³-hybridized carbons (Fsp3) is 0.111. The molecule has 0 aliphatic rings. The van der Waals surface area contributed by atoms with Crippen molar-refractivity contribution in [2.75, 3.05) is 12.4 Å². The molecule has 0 bridgehead atoms. The van der Waals surface area contributed by atoms with E-state index in [1.54, 1.807) is 0 Å². The van der Waals surface area contributed by atoms with Crippen LogP contribution in [0.15, 0.2) is 18.2 Å². The van der Waals surface area contributed by atoms with Gasteiger partial charge in [0.15, 0.2) is 0 Å². The van der Waals surface area contributed by atoms with Crippen LogP contribution in [-0.4, -0.2) is 37.6 Å². The zero-order valence-corrected chi connectivity index (χ0v) is 8.52. The molecule has 0 fully saturated rings. The summed E-state index contributed by atoms with van der Waals surface area (Å²) in [6.45, 7) is 0. The quantitative estimate of drug-likeness (QED) is 0.587. The lowest BCUT2D eigenvalue weighted by molar-refractivity contribution is 0.881. The Bertz CT molecular complexity index is 610. The number of H-pyrrole nitrogens is 2. The summed E-state index contributed by atoms with van der Waals surface area (Å²) in [6, 6.07) is 5.78. The van der Waals surface area contributed by atoms with Crippen molar-refractivity contribution in [3.8, 4) is 11.4 Å². The summed E-state index contributed by atoms with van der Waals surface area (Å²) in [5.74, 6) is 1.30. The van der Waals surface area contributed by atoms with Crippen LogP contribution in [0.2, 0.25) is 0 Å². The highest BCUT2D eigenvalue weighted by Gasteiger charge is 2.06. The molecule has 80 valence electrons. The van der Waals surface area contributed by atoms with Crippen LogP contribution in [0, 0.1) is 0 Å². The number of aromatic amines is 2. The molecule has 0 saturated heterocycles. The van der Waals surface area contributed by atoms with Crippen molar-refractivity contribution in [2.45, 2.75) is 0 Å². The van der Waals surface area contributed by atoms with E-state index in [9.17, 15) is 0 Å². The fourth-order valence-corrected chi connectivity index (χ4v) is 1.55. The van der Waals surface area contributed by atoms with Gasteiger partial charge >= 0.3 is 0 Å². The molecule has 0 aliphatic heterocycles. The number of hydrogen-bond donors (Lipinski definition) is 3. The molecule has 3 aromatic rings. The molecule has 0 amide bonds. The highest BCUT2D eigenvalue weighted by molar-refractivity contribution is 5.82. The molecule has 0 radical (unpaired) electrons. The maximum absolute atomic E-state index is 4.35. The van der Waals surface area contributed by atoms with E-state index in [1.165, 1.54) is 0 Å². The second-order valence-electron chi connectivity index (χ2n) is 3.30. The number of nitrogens with zero attached hydrogens (tertiary/aromatic N) is 4. The monoisotopic (exact) mass is 215 g/mol. The molecule has 0 atom stereocenters. The SMILES string of the molecule is CNc1nc2cc(-c3nn[nH]n3)ccc2[nH]1. The maximum atomic E-state index is 4.35. The molecule has 0 unspecified atom stereocenters. The van der Waals surface area contributed by atoms with Gasteiger partial charge in [-0.2, -0.15) is 5.21 Å². The summed E-state index contributed by atoms with van der Waals surface area (Å²) < 4.78 is 0. The third kappa shape index (κ3) is 1.29. The van der Waals surface area contributed by atoms with Gasteiger partial charge in [-0.15, -0.1) is 10.2 Å². The molecule has 16 heavy (non-hydrogen) atoms. The number of aromatic nitrogens is 6. The molecule has 0 saturated carbocycles. The smallest absolute Gasteiger partial charge is 0.204 e. The van der Waals surface area contributed by atoms with Crippen LogP contribution < -0.4 is 5.32 Å². The minimum atomic E-state index is 0.566. The number of rotatable bonds is 2. The normalized spacial score (nSPS) is 10.8. The largest absolute Gasteiger partial charge is 0.359 e. The van der Waals surface area contributed by atoms with Gasteiger partial charge in [0.1, 0.15) is 0 Å². The van der Waals surface area contributed by atoms with E-state index in [0.717, 1.165) is 22.5 Å². The number of imidazole rings is 1. The van der Waals surface area contributed by atoms with Crippen LogP contribution in [0.5, 0.6) is 0 Å². The highest BCUT2D eigenvalue weighted by atomic mass is 15.5. The Labute approximate surface area is 90.3 Å². The molecule has 7 heteroatoms. The van der Waals surface area contributed by atoms with Gasteiger partial charge in [0.2, 0.25) is 11.8 Å². The first kappa shape index (κ1) is 8.84. The van der Waals surface area contributed by atoms with Crippen molar-refractivity contribution < 1.29 is 0 Å². The van der Waals surface area contributed by atoms with Crippen molar-refractivity contribution in [1.29, 1.82) is 0 Å². The van der Waals surface area contributed by atoms with Gasteiger partial charge in [0, 0.05) is 12.6 Å². The fourth-order valence-electron chi connectivity index (χ4n) is 1.55. The molecule has 0 aliphatic carbocycles. The van der Waals surface area contributed by atoms with Crippen LogP contribution in [0.25, 0.3) is 22.4 Å². The van der Waals surface area contributed by atoms with E-state index >= 15 is 0 Å². The molecule has 0 spiro atoms. The first-order chi connectivity index (χ1) is 7.86. The molecule has 7 nitrogen and oxygen atoms in total. The van der Waals surface area contributed by atoms with E-state index in [4.69, 9.17) is 0 Å². The first-order valence-electron chi connectivity index (χ1n) is 4.78. The van der Waals surface area contributed by atoms with Crippen molar-refractivity contribution in [3.63, 3.8) is 0 Å². The summed E-state index contributed by atoms with van der Waals surface area (Å²) in [5.41, 5.74) is 2.72. The van der Waals surface area contributed by atoms with Gasteiger partial charge in [-0.1, -0.05) is 0 Å². The lowest BCUT2D eigenvalue weighted by Gasteiger charge is -1.92. The highest BCUT2D eigenvalue weighted by Crippen LogP contribution is 2.20. The summed E-state index contributed by atoms with van der Waals surface area (Å²) in [7, 11) is 1.82. The van der Waals surface area contributed by atoms with Crippen molar-refractivity contribution >= 4 is 17.0 Å². The molecule has 3 rings (SSSR count). The van der Waals surface area contributed by atoms with Crippen LogP contribution >= 0.6 is 0 Å². The number of fused-ring (bicyclic) bond motifs is 1. The summed E-state index contributed by atoms with van der Waals surface area (Å²) in [4.78, 5) is 7.48. The van der Waals surface area contributed by atoms with Crippen LogP contribution in [0.3, 0.4) is 0 Å². The lowest BCUT2D eigenvalue weighted by Crippen LogP contribution is -1.88. The Balaban J connectivity index is 2.15. The number of nitrogens with one attached hydrogen (secondary N) is 3. The zero-order valence-electron chi connectivity index (χ0n) is 8.52. The molecule has 2 heterocycles. The van der Waals surface area contributed by atoms with E-state index in [1.807, 2.05) is 25.2 Å².